The number of carbonyl (C=O) groups excluding carboxylic acids is 1. The molecule has 11 nitrogen and oxygen atoms in total. The van der Waals surface area contributed by atoms with Crippen molar-refractivity contribution in [1.29, 1.82) is 10.5 Å². The van der Waals surface area contributed by atoms with Crippen LogP contribution in [0.4, 0.5) is 17.5 Å². The van der Waals surface area contributed by atoms with Crippen LogP contribution < -0.4 is 15.8 Å². The minimum atomic E-state index is -3.96. The lowest BCUT2D eigenvalue weighted by Crippen LogP contribution is -2.17. The Morgan fingerprint density at radius 2 is 1.56 bits per heavy atom. The third-order valence-electron chi connectivity index (χ3n) is 6.28. The largest absolute Gasteiger partial charge is 0.383 e. The van der Waals surface area contributed by atoms with E-state index in [0.29, 0.717) is 34.1 Å². The number of amides is 1. The summed E-state index contributed by atoms with van der Waals surface area (Å²) in [7, 11) is -3.96. The van der Waals surface area contributed by atoms with E-state index in [4.69, 9.17) is 5.73 Å². The predicted octanol–water partition coefficient (Wildman–Crippen LogP) is 5.14. The lowest BCUT2D eigenvalue weighted by Gasteiger charge is -2.14. The number of anilines is 3. The number of sulfonamides is 1. The fourth-order valence-corrected chi connectivity index (χ4v) is 5.96. The average Bonchev–Trinajstić information content (AvgIpc) is 2.95. The number of nitrogen functional groups attached to an aromatic ring is 1. The van der Waals surface area contributed by atoms with Gasteiger partial charge in [-0.05, 0) is 61.2 Å². The second-order valence-corrected chi connectivity index (χ2v) is 12.5. The quantitative estimate of drug-likeness (QED) is 0.214. The first-order valence-electron chi connectivity index (χ1n) is 13.0. The number of rotatable bonds is 9. The van der Waals surface area contributed by atoms with Gasteiger partial charge in [0.05, 0.1) is 16.2 Å². The molecule has 0 radical (unpaired) electrons. The molecule has 13 heteroatoms. The zero-order valence-electron chi connectivity index (χ0n) is 23.8. The van der Waals surface area contributed by atoms with Crippen LogP contribution in [0, 0.1) is 36.5 Å². The van der Waals surface area contributed by atoms with Crippen LogP contribution in [0.2, 0.25) is 0 Å². The summed E-state index contributed by atoms with van der Waals surface area (Å²) in [4.78, 5) is 25.2. The zero-order chi connectivity index (χ0) is 31.3. The van der Waals surface area contributed by atoms with Crippen molar-refractivity contribution in [1.82, 2.24) is 15.0 Å². The number of nitrogens with one attached hydrogen (secondary N) is 2. The molecule has 2 aromatic heterocycles. The number of aromatic nitrogens is 3. The highest BCUT2D eigenvalue weighted by atomic mass is 32.2. The highest BCUT2D eigenvalue weighted by Crippen LogP contribution is 2.36. The van der Waals surface area contributed by atoms with Gasteiger partial charge in [0.2, 0.25) is 11.9 Å². The summed E-state index contributed by atoms with van der Waals surface area (Å²) in [5.41, 5.74) is 10.1. The summed E-state index contributed by atoms with van der Waals surface area (Å²) in [5.74, 6) is -0.300. The van der Waals surface area contributed by atoms with Gasteiger partial charge in [0.25, 0.3) is 10.0 Å². The number of nitrogens with two attached hydrogens (primary N) is 1. The summed E-state index contributed by atoms with van der Waals surface area (Å²) < 4.78 is 27.9. The van der Waals surface area contributed by atoms with Gasteiger partial charge in [-0.25, -0.2) is 28.1 Å². The van der Waals surface area contributed by atoms with Gasteiger partial charge in [-0.2, -0.15) is 10.5 Å². The minimum absolute atomic E-state index is 0.0311. The predicted molar refractivity (Wildman–Crippen MR) is 166 cm³/mol. The Hall–Kier alpha value is -4.98. The molecule has 43 heavy (non-hydrogen) atoms. The van der Waals surface area contributed by atoms with E-state index in [-0.39, 0.29) is 38.6 Å². The van der Waals surface area contributed by atoms with E-state index < -0.39 is 15.9 Å². The first-order chi connectivity index (χ1) is 20.4. The molecule has 4 N–H and O–H groups in total. The van der Waals surface area contributed by atoms with Crippen LogP contribution in [-0.2, 0) is 14.8 Å². The molecule has 1 amide bonds. The number of thioether (sulfide) groups is 1. The Balaban J connectivity index is 1.49. The summed E-state index contributed by atoms with van der Waals surface area (Å²) in [5, 5.41) is 22.7. The van der Waals surface area contributed by atoms with Gasteiger partial charge in [-0.3, -0.25) is 4.79 Å². The Bertz CT molecular complexity index is 1860. The summed E-state index contributed by atoms with van der Waals surface area (Å²) in [6, 6.07) is 19.0. The summed E-state index contributed by atoms with van der Waals surface area (Å²) in [6.07, 6.45) is 0. The van der Waals surface area contributed by atoms with Crippen molar-refractivity contribution in [2.75, 3.05) is 21.5 Å². The van der Waals surface area contributed by atoms with Crippen molar-refractivity contribution in [3.63, 3.8) is 0 Å². The molecule has 0 fully saturated rings. The van der Waals surface area contributed by atoms with E-state index in [1.54, 1.807) is 19.9 Å². The van der Waals surface area contributed by atoms with Crippen LogP contribution in [-0.4, -0.2) is 35.0 Å². The third kappa shape index (κ3) is 7.27. The molecule has 0 bridgehead atoms. The standard InChI is InChI=1S/C30H28N8O3S2/c1-17(2)20-5-7-21(8-6-20)27-24(14-31)28(33)37-29(25(27)15-32)42-16-26(39)36-22-9-11-23(12-10-22)43(40,41)38-30-34-18(3)13-19(4)35-30/h5-13,17H,16H2,1-4H3,(H2,33,37)(H,36,39)(H,34,35,38). The van der Waals surface area contributed by atoms with E-state index in [1.165, 1.54) is 24.3 Å². The normalized spacial score (nSPS) is 11.0. The SMILES string of the molecule is Cc1cc(C)nc(NS(=O)(=O)c2ccc(NC(=O)CSc3nc(N)c(C#N)c(-c4ccc(C(C)C)cc4)c3C#N)cc2)n1. The average molecular weight is 613 g/mol. The maximum Gasteiger partial charge on any atom is 0.264 e. The van der Waals surface area contributed by atoms with Crippen LogP contribution in [0.5, 0.6) is 0 Å². The summed E-state index contributed by atoms with van der Waals surface area (Å²) in [6.45, 7) is 7.61. The summed E-state index contributed by atoms with van der Waals surface area (Å²) >= 11 is 1.01. The molecule has 2 heterocycles. The maximum atomic E-state index is 12.8. The van der Waals surface area contributed by atoms with Gasteiger partial charge in [-0.15, -0.1) is 0 Å². The molecule has 4 rings (SSSR count). The smallest absolute Gasteiger partial charge is 0.264 e. The van der Waals surface area contributed by atoms with E-state index in [0.717, 1.165) is 17.3 Å². The van der Waals surface area contributed by atoms with E-state index in [1.807, 2.05) is 24.3 Å². The van der Waals surface area contributed by atoms with Crippen LogP contribution in [0.15, 0.2) is 64.5 Å². The van der Waals surface area contributed by atoms with Crippen molar-refractivity contribution < 1.29 is 13.2 Å². The Labute approximate surface area is 254 Å². The van der Waals surface area contributed by atoms with Gasteiger partial charge in [0, 0.05) is 22.6 Å². The second-order valence-electron chi connectivity index (χ2n) is 9.87. The zero-order valence-corrected chi connectivity index (χ0v) is 25.5. The van der Waals surface area contributed by atoms with Crippen LogP contribution in [0.25, 0.3) is 11.1 Å². The van der Waals surface area contributed by atoms with Gasteiger partial charge in [0.1, 0.15) is 28.5 Å². The van der Waals surface area contributed by atoms with Crippen molar-refractivity contribution >= 4 is 45.1 Å². The Kier molecular flexibility index (Phi) is 9.29. The number of nitriles is 2. The number of benzene rings is 2. The Morgan fingerprint density at radius 1 is 0.953 bits per heavy atom. The highest BCUT2D eigenvalue weighted by molar-refractivity contribution is 8.00. The molecule has 0 saturated carbocycles. The first-order valence-corrected chi connectivity index (χ1v) is 15.5. The van der Waals surface area contributed by atoms with Crippen LogP contribution >= 0.6 is 11.8 Å². The monoisotopic (exact) mass is 612 g/mol. The lowest BCUT2D eigenvalue weighted by molar-refractivity contribution is -0.113. The molecule has 0 aliphatic carbocycles. The topological polar surface area (TPSA) is 188 Å². The highest BCUT2D eigenvalue weighted by Gasteiger charge is 2.22. The van der Waals surface area contributed by atoms with Gasteiger partial charge < -0.3 is 11.1 Å². The van der Waals surface area contributed by atoms with Crippen LogP contribution in [0.3, 0.4) is 0 Å². The van der Waals surface area contributed by atoms with Gasteiger partial charge in [-0.1, -0.05) is 49.9 Å². The number of carbonyl (C=O) groups is 1. The molecule has 0 spiro atoms. The number of pyridine rings is 1. The molecule has 0 aliphatic rings. The second kappa shape index (κ2) is 12.9. The minimum Gasteiger partial charge on any atom is -0.383 e. The molecular weight excluding hydrogens is 585 g/mol. The van der Waals surface area contributed by atoms with E-state index >= 15 is 0 Å². The lowest BCUT2D eigenvalue weighted by atomic mass is 9.94. The Morgan fingerprint density at radius 3 is 2.12 bits per heavy atom. The van der Waals surface area contributed by atoms with E-state index in [2.05, 4.69) is 51.0 Å². The van der Waals surface area contributed by atoms with Crippen LogP contribution in [0.1, 0.15) is 47.8 Å². The number of hydrogen-bond donors (Lipinski definition) is 3. The molecule has 0 unspecified atom stereocenters. The number of hydrogen-bond acceptors (Lipinski definition) is 10. The molecule has 0 atom stereocenters. The van der Waals surface area contributed by atoms with E-state index in [9.17, 15) is 23.7 Å². The number of aryl methyl sites for hydroxylation is 2. The van der Waals surface area contributed by atoms with Crippen molar-refractivity contribution in [3.05, 3.63) is 82.7 Å². The fourth-order valence-electron chi connectivity index (χ4n) is 4.23. The van der Waals surface area contributed by atoms with Gasteiger partial charge >= 0.3 is 0 Å². The van der Waals surface area contributed by atoms with Gasteiger partial charge in [0.15, 0.2) is 0 Å². The van der Waals surface area contributed by atoms with Crippen molar-refractivity contribution in [2.45, 2.75) is 43.5 Å². The molecule has 2 aromatic carbocycles. The maximum absolute atomic E-state index is 12.8. The molecule has 4 aromatic rings. The third-order valence-corrected chi connectivity index (χ3v) is 8.60. The first kappa shape index (κ1) is 31.0. The molecule has 0 saturated heterocycles. The van der Waals surface area contributed by atoms with Crippen molar-refractivity contribution in [2.24, 2.45) is 0 Å². The molecule has 0 aliphatic heterocycles. The molecule has 218 valence electrons. The number of nitrogens with zero attached hydrogens (tertiary/aromatic N) is 5. The van der Waals surface area contributed by atoms with Crippen molar-refractivity contribution in [3.8, 4) is 23.3 Å². The fraction of sp³-hybridized carbons (Fsp3) is 0.200. The molecular formula is C30H28N8O3S2.